The van der Waals surface area contributed by atoms with Crippen LogP contribution < -0.4 is 5.73 Å². The molecular formula is C11H22N2O. The topological polar surface area (TPSA) is 46.3 Å². The molecule has 1 aliphatic rings. The smallest absolute Gasteiger partial charge is 0.222 e. The molecule has 82 valence electrons. The van der Waals surface area contributed by atoms with E-state index >= 15 is 0 Å². The van der Waals surface area contributed by atoms with Gasteiger partial charge in [-0.1, -0.05) is 20.8 Å². The Balaban J connectivity index is 2.53. The molecule has 0 spiro atoms. The first kappa shape index (κ1) is 11.5. The lowest BCUT2D eigenvalue weighted by atomic mass is 9.92. The van der Waals surface area contributed by atoms with Gasteiger partial charge in [-0.05, 0) is 24.3 Å². The maximum atomic E-state index is 11.6. The summed E-state index contributed by atoms with van der Waals surface area (Å²) in [6.07, 6.45) is 1.65. The third-order valence-electron chi connectivity index (χ3n) is 2.60. The molecule has 3 nitrogen and oxygen atoms in total. The van der Waals surface area contributed by atoms with Crippen molar-refractivity contribution in [1.82, 2.24) is 4.90 Å². The maximum absolute atomic E-state index is 11.6. The van der Waals surface area contributed by atoms with Crippen molar-refractivity contribution in [3.8, 4) is 0 Å². The van der Waals surface area contributed by atoms with Gasteiger partial charge in [0, 0.05) is 19.5 Å². The van der Waals surface area contributed by atoms with E-state index in [0.29, 0.717) is 24.8 Å². The van der Waals surface area contributed by atoms with Gasteiger partial charge in [0.15, 0.2) is 0 Å². The summed E-state index contributed by atoms with van der Waals surface area (Å²) in [5.41, 5.74) is 5.82. The van der Waals surface area contributed by atoms with Crippen LogP contribution in [0.15, 0.2) is 0 Å². The number of nitrogens with zero attached hydrogens (tertiary/aromatic N) is 1. The average Bonchev–Trinajstić information content (AvgIpc) is 2.06. The van der Waals surface area contributed by atoms with Crippen LogP contribution in [0.5, 0.6) is 0 Å². The van der Waals surface area contributed by atoms with Crippen molar-refractivity contribution in [2.45, 2.75) is 33.6 Å². The van der Waals surface area contributed by atoms with Crippen LogP contribution in [0, 0.1) is 11.3 Å². The molecule has 1 atom stereocenters. The monoisotopic (exact) mass is 198 g/mol. The summed E-state index contributed by atoms with van der Waals surface area (Å²) in [6, 6.07) is 0. The minimum absolute atomic E-state index is 0.187. The summed E-state index contributed by atoms with van der Waals surface area (Å²) in [4.78, 5) is 13.6. The number of likely N-dealkylation sites (tertiary alicyclic amines) is 1. The van der Waals surface area contributed by atoms with Gasteiger partial charge in [-0.3, -0.25) is 4.79 Å². The molecule has 0 saturated carbocycles. The minimum atomic E-state index is 0.187. The molecule has 2 N–H and O–H groups in total. The molecule has 1 aliphatic heterocycles. The lowest BCUT2D eigenvalue weighted by molar-refractivity contribution is -0.136. The Kier molecular flexibility index (Phi) is 3.53. The zero-order valence-electron chi connectivity index (χ0n) is 9.55. The van der Waals surface area contributed by atoms with Crippen molar-refractivity contribution in [2.75, 3.05) is 19.6 Å². The molecule has 1 saturated heterocycles. The third-order valence-corrected chi connectivity index (χ3v) is 2.60. The van der Waals surface area contributed by atoms with E-state index in [0.717, 1.165) is 19.5 Å². The SMILES string of the molecule is CC(C)(C)CN1CC(CN)CCC1=O. The molecule has 0 aromatic rings. The molecule has 3 heteroatoms. The van der Waals surface area contributed by atoms with Gasteiger partial charge in [-0.15, -0.1) is 0 Å². The Morgan fingerprint density at radius 2 is 2.14 bits per heavy atom. The number of hydrogen-bond donors (Lipinski definition) is 1. The summed E-state index contributed by atoms with van der Waals surface area (Å²) < 4.78 is 0. The first-order valence-electron chi connectivity index (χ1n) is 5.40. The Morgan fingerprint density at radius 1 is 1.50 bits per heavy atom. The number of carbonyl (C=O) groups is 1. The van der Waals surface area contributed by atoms with Crippen molar-refractivity contribution >= 4 is 5.91 Å². The molecule has 1 heterocycles. The molecular weight excluding hydrogens is 176 g/mol. The van der Waals surface area contributed by atoms with Crippen LogP contribution in [0.3, 0.4) is 0 Å². The normalized spacial score (nSPS) is 24.1. The fraction of sp³-hybridized carbons (Fsp3) is 0.909. The van der Waals surface area contributed by atoms with Crippen molar-refractivity contribution in [3.05, 3.63) is 0 Å². The van der Waals surface area contributed by atoms with E-state index in [4.69, 9.17) is 5.73 Å². The van der Waals surface area contributed by atoms with Gasteiger partial charge < -0.3 is 10.6 Å². The van der Waals surface area contributed by atoms with Gasteiger partial charge in [0.05, 0.1) is 0 Å². The van der Waals surface area contributed by atoms with Crippen LogP contribution in [0.1, 0.15) is 33.6 Å². The molecule has 1 amide bonds. The van der Waals surface area contributed by atoms with E-state index in [-0.39, 0.29) is 5.41 Å². The van der Waals surface area contributed by atoms with Gasteiger partial charge in [0.25, 0.3) is 0 Å². The van der Waals surface area contributed by atoms with Crippen molar-refractivity contribution < 1.29 is 4.79 Å². The second-order valence-electron chi connectivity index (χ2n) is 5.48. The zero-order chi connectivity index (χ0) is 10.8. The van der Waals surface area contributed by atoms with Crippen molar-refractivity contribution in [3.63, 3.8) is 0 Å². The van der Waals surface area contributed by atoms with E-state index in [9.17, 15) is 4.79 Å². The fourth-order valence-electron chi connectivity index (χ4n) is 1.91. The summed E-state index contributed by atoms with van der Waals surface area (Å²) in [5.74, 6) is 0.805. The van der Waals surface area contributed by atoms with Crippen LogP contribution in [0.4, 0.5) is 0 Å². The zero-order valence-corrected chi connectivity index (χ0v) is 9.55. The maximum Gasteiger partial charge on any atom is 0.222 e. The summed E-state index contributed by atoms with van der Waals surface area (Å²) >= 11 is 0. The summed E-state index contributed by atoms with van der Waals surface area (Å²) in [6.45, 7) is 8.88. The highest BCUT2D eigenvalue weighted by Gasteiger charge is 2.27. The minimum Gasteiger partial charge on any atom is -0.342 e. The van der Waals surface area contributed by atoms with Crippen LogP contribution >= 0.6 is 0 Å². The summed E-state index contributed by atoms with van der Waals surface area (Å²) in [7, 11) is 0. The van der Waals surface area contributed by atoms with E-state index in [2.05, 4.69) is 20.8 Å². The molecule has 1 rings (SSSR count). The Hall–Kier alpha value is -0.570. The van der Waals surface area contributed by atoms with Gasteiger partial charge in [-0.25, -0.2) is 0 Å². The van der Waals surface area contributed by atoms with Crippen LogP contribution in [0.25, 0.3) is 0 Å². The van der Waals surface area contributed by atoms with E-state index < -0.39 is 0 Å². The second-order valence-corrected chi connectivity index (χ2v) is 5.48. The van der Waals surface area contributed by atoms with E-state index in [1.165, 1.54) is 0 Å². The largest absolute Gasteiger partial charge is 0.342 e. The van der Waals surface area contributed by atoms with Gasteiger partial charge in [0.2, 0.25) is 5.91 Å². The van der Waals surface area contributed by atoms with Crippen LogP contribution in [-0.2, 0) is 4.79 Å². The molecule has 14 heavy (non-hydrogen) atoms. The molecule has 0 aromatic heterocycles. The van der Waals surface area contributed by atoms with Crippen LogP contribution in [0.2, 0.25) is 0 Å². The Morgan fingerprint density at radius 3 is 2.64 bits per heavy atom. The molecule has 0 aromatic carbocycles. The number of piperidine rings is 1. The third kappa shape index (κ3) is 3.29. The van der Waals surface area contributed by atoms with Crippen molar-refractivity contribution in [1.29, 1.82) is 0 Å². The first-order chi connectivity index (χ1) is 6.42. The number of amides is 1. The summed E-state index contributed by atoms with van der Waals surface area (Å²) in [5, 5.41) is 0. The molecule has 1 fully saturated rings. The number of nitrogens with two attached hydrogens (primary N) is 1. The first-order valence-corrected chi connectivity index (χ1v) is 5.40. The highest BCUT2D eigenvalue weighted by atomic mass is 16.2. The van der Waals surface area contributed by atoms with Gasteiger partial charge in [0.1, 0.15) is 0 Å². The fourth-order valence-corrected chi connectivity index (χ4v) is 1.91. The number of carbonyl (C=O) groups excluding carboxylic acids is 1. The standard InChI is InChI=1S/C11H22N2O/c1-11(2,3)8-13-7-9(6-12)4-5-10(13)14/h9H,4-8,12H2,1-3H3. The van der Waals surface area contributed by atoms with E-state index in [1.807, 2.05) is 4.90 Å². The second kappa shape index (κ2) is 4.30. The van der Waals surface area contributed by atoms with E-state index in [1.54, 1.807) is 0 Å². The number of hydrogen-bond acceptors (Lipinski definition) is 2. The van der Waals surface area contributed by atoms with Gasteiger partial charge in [-0.2, -0.15) is 0 Å². The average molecular weight is 198 g/mol. The Bertz CT molecular complexity index is 208. The lowest BCUT2D eigenvalue weighted by Crippen LogP contribution is -2.45. The lowest BCUT2D eigenvalue weighted by Gasteiger charge is -2.36. The van der Waals surface area contributed by atoms with Crippen molar-refractivity contribution in [2.24, 2.45) is 17.1 Å². The molecule has 1 unspecified atom stereocenters. The predicted molar refractivity (Wildman–Crippen MR) is 57.8 cm³/mol. The molecule has 0 aliphatic carbocycles. The number of rotatable bonds is 2. The highest BCUT2D eigenvalue weighted by Crippen LogP contribution is 2.22. The van der Waals surface area contributed by atoms with Crippen LogP contribution in [-0.4, -0.2) is 30.4 Å². The predicted octanol–water partition coefficient (Wildman–Crippen LogP) is 1.23. The van der Waals surface area contributed by atoms with Gasteiger partial charge >= 0.3 is 0 Å². The molecule has 0 radical (unpaired) electrons. The Labute approximate surface area is 86.6 Å². The molecule has 0 bridgehead atoms. The quantitative estimate of drug-likeness (QED) is 0.725. The highest BCUT2D eigenvalue weighted by molar-refractivity contribution is 5.77.